The molecule has 11 heteroatoms. The summed E-state index contributed by atoms with van der Waals surface area (Å²) in [6.45, 7) is 2.34. The third kappa shape index (κ3) is 4.60. The lowest BCUT2D eigenvalue weighted by Crippen LogP contribution is -2.57. The predicted molar refractivity (Wildman–Crippen MR) is 176 cm³/mol. The fourth-order valence-electron chi connectivity index (χ4n) is 9.36. The van der Waals surface area contributed by atoms with Crippen molar-refractivity contribution in [2.24, 2.45) is 5.41 Å². The molecule has 0 spiro atoms. The van der Waals surface area contributed by atoms with Crippen LogP contribution >= 0.6 is 0 Å². The number of fused-ring (bicyclic) bond motifs is 9. The number of amides is 2. The van der Waals surface area contributed by atoms with Crippen LogP contribution in [0.2, 0.25) is 0 Å². The first-order chi connectivity index (χ1) is 22.1. The van der Waals surface area contributed by atoms with Gasteiger partial charge in [0.1, 0.15) is 5.75 Å². The lowest BCUT2D eigenvalue weighted by Gasteiger charge is -2.41. The van der Waals surface area contributed by atoms with E-state index in [2.05, 4.69) is 43.0 Å². The second-order valence-electron chi connectivity index (χ2n) is 14.2. The van der Waals surface area contributed by atoms with E-state index in [1.54, 1.807) is 13.2 Å². The topological polar surface area (TPSA) is 113 Å². The molecule has 3 unspecified atom stereocenters. The number of nitrogens with one attached hydrogen (secondary N) is 2. The number of methoxy groups -OCH3 is 1. The fraction of sp³-hybridized carbons (Fsp3) is 0.543. The van der Waals surface area contributed by atoms with Gasteiger partial charge in [0, 0.05) is 66.7 Å². The van der Waals surface area contributed by atoms with Crippen molar-refractivity contribution in [2.45, 2.75) is 81.8 Å². The molecule has 2 saturated heterocycles. The van der Waals surface area contributed by atoms with Crippen molar-refractivity contribution < 1.29 is 22.7 Å². The number of hydrogen-bond donors (Lipinski definition) is 2. The molecule has 46 heavy (non-hydrogen) atoms. The third-order valence-corrected chi connectivity index (χ3v) is 12.6. The van der Waals surface area contributed by atoms with Crippen molar-refractivity contribution in [1.82, 2.24) is 23.8 Å². The minimum Gasteiger partial charge on any atom is -0.497 e. The van der Waals surface area contributed by atoms with Crippen LogP contribution < -0.4 is 14.2 Å². The monoisotopic (exact) mass is 645 g/mol. The minimum absolute atomic E-state index is 0.0746. The molecule has 8 rings (SSSR count). The molecule has 244 valence electrons. The van der Waals surface area contributed by atoms with Crippen molar-refractivity contribution in [1.29, 1.82) is 0 Å². The molecule has 1 aromatic heterocycles. The molecule has 2 saturated carbocycles. The SMILES string of the molecule is CNS(=O)(=O)NC(=O)c1ccc2c(C3CCCCC3)c3n(c2c1)CC1(C(=O)N2C4CC[C@@H]2CN(C)C4)CC1c1cc(OC)ccc1-3. The molecule has 2 aliphatic carbocycles. The molecular formula is C35H43N5O5S. The zero-order valence-corrected chi connectivity index (χ0v) is 27.7. The van der Waals surface area contributed by atoms with Crippen molar-refractivity contribution >= 4 is 32.9 Å². The Morgan fingerprint density at radius 1 is 0.978 bits per heavy atom. The van der Waals surface area contributed by atoms with Gasteiger partial charge in [-0.25, -0.2) is 9.44 Å². The molecule has 3 aromatic rings. The maximum Gasteiger partial charge on any atom is 0.301 e. The highest BCUT2D eigenvalue weighted by molar-refractivity contribution is 7.88. The second kappa shape index (κ2) is 10.8. The standard InChI is InChI=1S/C35H43N5O5S/c1-36-46(43,44)37-33(41)22-9-13-27-30(15-22)39-20-35(34(42)40-23-10-11-24(40)19-38(2)18-23)17-29(35)28-16-25(45-3)12-14-26(28)32(39)31(27)21-7-5-4-6-8-21/h9,12-16,21,23-24,29,36H,4-8,10-11,17-20H2,1-3H3,(H,37,41)/t23-,24?,29?,35?/m1/s1. The Hall–Kier alpha value is -3.41. The van der Waals surface area contributed by atoms with E-state index >= 15 is 0 Å². The number of piperazine rings is 1. The summed E-state index contributed by atoms with van der Waals surface area (Å²) in [5.41, 5.74) is 5.30. The van der Waals surface area contributed by atoms with Gasteiger partial charge in [0.25, 0.3) is 5.91 Å². The highest BCUT2D eigenvalue weighted by Gasteiger charge is 2.65. The Labute approximate surface area is 270 Å². The number of benzene rings is 2. The van der Waals surface area contributed by atoms with Gasteiger partial charge in [-0.15, -0.1) is 0 Å². The summed E-state index contributed by atoms with van der Waals surface area (Å²) in [5.74, 6) is 0.802. The molecule has 4 heterocycles. The van der Waals surface area contributed by atoms with Gasteiger partial charge in [0.15, 0.2) is 0 Å². The number of nitrogens with zero attached hydrogens (tertiary/aromatic N) is 3. The van der Waals surface area contributed by atoms with E-state index in [1.165, 1.54) is 37.4 Å². The summed E-state index contributed by atoms with van der Waals surface area (Å²) < 4.78 is 36.8. The molecule has 0 radical (unpaired) electrons. The zero-order valence-electron chi connectivity index (χ0n) is 26.8. The average molecular weight is 646 g/mol. The highest BCUT2D eigenvalue weighted by Crippen LogP contribution is 2.66. The van der Waals surface area contributed by atoms with E-state index in [1.807, 2.05) is 18.2 Å². The van der Waals surface area contributed by atoms with Crippen LogP contribution in [0.3, 0.4) is 0 Å². The number of aromatic nitrogens is 1. The van der Waals surface area contributed by atoms with Gasteiger partial charge < -0.3 is 19.1 Å². The molecule has 3 aliphatic heterocycles. The van der Waals surface area contributed by atoms with E-state index in [0.29, 0.717) is 12.5 Å². The number of carbonyl (C=O) groups excluding carboxylic acids is 2. The molecule has 2 N–H and O–H groups in total. The van der Waals surface area contributed by atoms with Gasteiger partial charge in [-0.1, -0.05) is 25.3 Å². The first kappa shape index (κ1) is 30.0. The van der Waals surface area contributed by atoms with Gasteiger partial charge in [0.05, 0.1) is 18.2 Å². The van der Waals surface area contributed by atoms with Gasteiger partial charge in [-0.05, 0) is 86.5 Å². The van der Waals surface area contributed by atoms with Crippen LogP contribution in [-0.2, 0) is 21.5 Å². The maximum atomic E-state index is 14.9. The lowest BCUT2D eigenvalue weighted by molar-refractivity contribution is -0.143. The highest BCUT2D eigenvalue weighted by atomic mass is 32.2. The van der Waals surface area contributed by atoms with E-state index in [4.69, 9.17) is 4.74 Å². The number of likely N-dealkylation sites (N-methyl/N-ethyl adjacent to an activating group) is 1. The molecule has 4 fully saturated rings. The molecule has 2 bridgehead atoms. The average Bonchev–Trinajstić information content (AvgIpc) is 3.64. The number of rotatable bonds is 6. The van der Waals surface area contributed by atoms with Crippen LogP contribution in [0.1, 0.15) is 84.7 Å². The summed E-state index contributed by atoms with van der Waals surface area (Å²) in [6, 6.07) is 12.4. The lowest BCUT2D eigenvalue weighted by atomic mass is 9.81. The molecule has 2 aromatic carbocycles. The van der Waals surface area contributed by atoms with Gasteiger partial charge in [-0.2, -0.15) is 8.42 Å². The maximum absolute atomic E-state index is 14.9. The summed E-state index contributed by atoms with van der Waals surface area (Å²) in [5, 5.41) is 1.08. The van der Waals surface area contributed by atoms with Crippen molar-refractivity contribution in [2.75, 3.05) is 34.3 Å². The van der Waals surface area contributed by atoms with Gasteiger partial charge >= 0.3 is 10.2 Å². The van der Waals surface area contributed by atoms with Crippen molar-refractivity contribution in [3.8, 4) is 17.0 Å². The van der Waals surface area contributed by atoms with Crippen LogP contribution in [0.5, 0.6) is 5.75 Å². The summed E-state index contributed by atoms with van der Waals surface area (Å²) in [4.78, 5) is 32.8. The van der Waals surface area contributed by atoms with Gasteiger partial charge in [-0.3, -0.25) is 9.59 Å². The van der Waals surface area contributed by atoms with E-state index in [-0.39, 0.29) is 29.5 Å². The number of ether oxygens (including phenoxy) is 1. The third-order valence-electron chi connectivity index (χ3n) is 11.6. The number of carbonyl (C=O) groups is 2. The molecule has 4 atom stereocenters. The first-order valence-electron chi connectivity index (χ1n) is 16.8. The van der Waals surface area contributed by atoms with E-state index < -0.39 is 21.5 Å². The Morgan fingerprint density at radius 3 is 2.41 bits per heavy atom. The van der Waals surface area contributed by atoms with E-state index in [0.717, 1.165) is 73.1 Å². The molecule has 5 aliphatic rings. The Balaban J connectivity index is 1.33. The number of likely N-dealkylation sites (tertiary alicyclic amines) is 1. The second-order valence-corrected chi connectivity index (χ2v) is 15.9. The predicted octanol–water partition coefficient (Wildman–Crippen LogP) is 4.35. The molecule has 2 amide bonds. The Kier molecular flexibility index (Phi) is 7.04. The number of hydrogen-bond acceptors (Lipinski definition) is 6. The first-order valence-corrected chi connectivity index (χ1v) is 18.2. The summed E-state index contributed by atoms with van der Waals surface area (Å²) in [6.07, 6.45) is 8.63. The van der Waals surface area contributed by atoms with Crippen LogP contribution in [-0.4, -0.2) is 81.0 Å². The normalized spacial score (nSPS) is 27.5. The van der Waals surface area contributed by atoms with Crippen LogP contribution in [0.25, 0.3) is 22.2 Å². The van der Waals surface area contributed by atoms with E-state index in [9.17, 15) is 18.0 Å². The van der Waals surface area contributed by atoms with Crippen LogP contribution in [0.4, 0.5) is 0 Å². The summed E-state index contributed by atoms with van der Waals surface area (Å²) >= 11 is 0. The minimum atomic E-state index is -3.97. The van der Waals surface area contributed by atoms with Crippen molar-refractivity contribution in [3.05, 3.63) is 53.1 Å². The summed E-state index contributed by atoms with van der Waals surface area (Å²) in [7, 11) is 1.14. The zero-order chi connectivity index (χ0) is 32.0. The molecule has 10 nitrogen and oxygen atoms in total. The van der Waals surface area contributed by atoms with Crippen LogP contribution in [0, 0.1) is 5.41 Å². The van der Waals surface area contributed by atoms with Crippen LogP contribution in [0.15, 0.2) is 36.4 Å². The quantitative estimate of drug-likeness (QED) is 0.412. The largest absolute Gasteiger partial charge is 0.497 e. The Morgan fingerprint density at radius 2 is 1.72 bits per heavy atom. The molecular weight excluding hydrogens is 602 g/mol. The van der Waals surface area contributed by atoms with Crippen molar-refractivity contribution in [3.63, 3.8) is 0 Å². The fourth-order valence-corrected chi connectivity index (χ4v) is 9.82. The smallest absolute Gasteiger partial charge is 0.301 e. The Bertz CT molecular complexity index is 1850. The van der Waals surface area contributed by atoms with Gasteiger partial charge in [0.2, 0.25) is 5.91 Å².